The summed E-state index contributed by atoms with van der Waals surface area (Å²) >= 11 is 1.56. The molecule has 226 valence electrons. The summed E-state index contributed by atoms with van der Waals surface area (Å²) in [5, 5.41) is 7.34. The zero-order valence-electron chi connectivity index (χ0n) is 25.1. The number of likely N-dealkylation sites (tertiary alicyclic amines) is 1. The molecule has 2 aromatic heterocycles. The number of benzene rings is 2. The minimum atomic E-state index is -0.284. The van der Waals surface area contributed by atoms with Crippen LogP contribution < -0.4 is 15.4 Å². The van der Waals surface area contributed by atoms with Crippen LogP contribution in [-0.2, 0) is 4.79 Å². The summed E-state index contributed by atoms with van der Waals surface area (Å²) in [7, 11) is 3.71. The van der Waals surface area contributed by atoms with Crippen molar-refractivity contribution in [1.29, 1.82) is 0 Å². The van der Waals surface area contributed by atoms with Gasteiger partial charge in [0.25, 0.3) is 5.91 Å². The van der Waals surface area contributed by atoms with Crippen LogP contribution >= 0.6 is 11.8 Å². The fourth-order valence-electron chi connectivity index (χ4n) is 5.54. The third-order valence-corrected chi connectivity index (χ3v) is 8.86. The summed E-state index contributed by atoms with van der Waals surface area (Å²) in [6, 6.07) is 17.3. The van der Waals surface area contributed by atoms with Gasteiger partial charge in [-0.3, -0.25) is 9.59 Å². The van der Waals surface area contributed by atoms with E-state index in [9.17, 15) is 9.59 Å². The predicted molar refractivity (Wildman–Crippen MR) is 171 cm³/mol. The van der Waals surface area contributed by atoms with Crippen molar-refractivity contribution >= 4 is 34.5 Å². The molecule has 3 N–H and O–H groups in total. The summed E-state index contributed by atoms with van der Waals surface area (Å²) in [6.07, 6.45) is 7.73. The summed E-state index contributed by atoms with van der Waals surface area (Å²) in [6.45, 7) is 2.39. The molecule has 4 aromatic rings. The van der Waals surface area contributed by atoms with Crippen LogP contribution in [0.25, 0.3) is 22.2 Å². The zero-order valence-corrected chi connectivity index (χ0v) is 25.9. The van der Waals surface area contributed by atoms with Crippen molar-refractivity contribution in [3.63, 3.8) is 0 Å². The minimum absolute atomic E-state index is 0.00583. The number of hydrogen-bond donors (Lipinski definition) is 3. The Morgan fingerprint density at radius 3 is 2.67 bits per heavy atom. The molecular formula is C33H40N6O3S. The summed E-state index contributed by atoms with van der Waals surface area (Å²) in [4.78, 5) is 42.2. The number of rotatable bonds is 12. The Kier molecular flexibility index (Phi) is 10.3. The molecule has 1 atom stereocenters. The number of aromatic nitrogens is 3. The molecular weight excluding hydrogens is 560 g/mol. The normalized spacial score (nSPS) is 14.9. The van der Waals surface area contributed by atoms with Crippen LogP contribution in [0.15, 0.2) is 65.7 Å². The van der Waals surface area contributed by atoms with Crippen LogP contribution in [-0.4, -0.2) is 71.7 Å². The lowest BCUT2D eigenvalue weighted by atomic mass is 9.95. The van der Waals surface area contributed by atoms with Gasteiger partial charge in [0, 0.05) is 22.7 Å². The van der Waals surface area contributed by atoms with Crippen LogP contribution in [0, 0.1) is 5.92 Å². The largest absolute Gasteiger partial charge is 0.480 e. The second kappa shape index (κ2) is 14.5. The summed E-state index contributed by atoms with van der Waals surface area (Å²) < 4.78 is 5.62. The van der Waals surface area contributed by atoms with Gasteiger partial charge in [0.1, 0.15) is 5.82 Å². The average molecular weight is 601 g/mol. The standard InChI is InChI=1S/C33H40N6O3S/c1-39-18-15-22(16-19-39)31(40)37-27(13-8-9-17-34-32(41)24-11-5-7-14-29(24)43-3)30-35-21-28(36-30)25-20-23-10-4-6-12-26(23)38-33(25)42-2/h4-7,10-12,14,20-22,27H,8-9,13,15-19H2,1-3H3,(H,34,41)(H,35,36)(H,37,40)/t27-/m0/s1. The van der Waals surface area contributed by atoms with Crippen molar-refractivity contribution in [3.8, 4) is 17.1 Å². The SMILES string of the molecule is COc1nc2ccccc2cc1-c1cnc([C@H](CCCCNC(=O)c2ccccc2SC)NC(=O)C2CCN(C)CC2)[nH]1. The molecule has 10 heteroatoms. The predicted octanol–water partition coefficient (Wildman–Crippen LogP) is 5.45. The first-order valence-electron chi connectivity index (χ1n) is 14.9. The molecule has 0 radical (unpaired) electrons. The van der Waals surface area contributed by atoms with E-state index in [2.05, 4.69) is 32.5 Å². The van der Waals surface area contributed by atoms with Crippen molar-refractivity contribution in [2.24, 2.45) is 5.92 Å². The van der Waals surface area contributed by atoms with Gasteiger partial charge in [-0.15, -0.1) is 11.8 Å². The van der Waals surface area contributed by atoms with Crippen molar-refractivity contribution in [2.75, 3.05) is 40.0 Å². The maximum absolute atomic E-state index is 13.3. The van der Waals surface area contributed by atoms with Crippen molar-refractivity contribution in [1.82, 2.24) is 30.5 Å². The van der Waals surface area contributed by atoms with E-state index in [0.717, 1.165) is 65.8 Å². The Hall–Kier alpha value is -3.89. The first kappa shape index (κ1) is 30.6. The van der Waals surface area contributed by atoms with Gasteiger partial charge in [0.05, 0.1) is 41.7 Å². The summed E-state index contributed by atoms with van der Waals surface area (Å²) in [5.41, 5.74) is 3.15. The van der Waals surface area contributed by atoms with Crippen molar-refractivity contribution in [2.45, 2.75) is 43.0 Å². The maximum Gasteiger partial charge on any atom is 0.252 e. The van der Waals surface area contributed by atoms with Gasteiger partial charge in [-0.1, -0.05) is 30.3 Å². The van der Waals surface area contributed by atoms with E-state index in [4.69, 9.17) is 9.72 Å². The third-order valence-electron chi connectivity index (χ3n) is 8.06. The topological polar surface area (TPSA) is 112 Å². The fraction of sp³-hybridized carbons (Fsp3) is 0.394. The van der Waals surface area contributed by atoms with E-state index in [1.54, 1.807) is 25.1 Å². The smallest absolute Gasteiger partial charge is 0.252 e. The van der Waals surface area contributed by atoms with E-state index in [-0.39, 0.29) is 23.8 Å². The molecule has 0 spiro atoms. The van der Waals surface area contributed by atoms with Gasteiger partial charge < -0.3 is 25.3 Å². The number of nitrogens with zero attached hydrogens (tertiary/aromatic N) is 3. The molecule has 0 aliphatic carbocycles. The maximum atomic E-state index is 13.3. The first-order chi connectivity index (χ1) is 21.0. The lowest BCUT2D eigenvalue weighted by Gasteiger charge is -2.29. The molecule has 1 saturated heterocycles. The van der Waals surface area contributed by atoms with E-state index < -0.39 is 0 Å². The highest BCUT2D eigenvalue weighted by molar-refractivity contribution is 7.98. The number of thioether (sulfide) groups is 1. The second-order valence-corrected chi connectivity index (χ2v) is 11.9. The van der Waals surface area contributed by atoms with Gasteiger partial charge in [-0.05, 0) is 82.8 Å². The van der Waals surface area contributed by atoms with E-state index in [0.29, 0.717) is 30.2 Å². The third kappa shape index (κ3) is 7.55. The van der Waals surface area contributed by atoms with Gasteiger partial charge in [0.2, 0.25) is 11.8 Å². The number of methoxy groups -OCH3 is 1. The molecule has 0 saturated carbocycles. The molecule has 5 rings (SSSR count). The van der Waals surface area contributed by atoms with Crippen LogP contribution in [0.2, 0.25) is 0 Å². The van der Waals surface area contributed by atoms with Gasteiger partial charge >= 0.3 is 0 Å². The second-order valence-electron chi connectivity index (χ2n) is 11.0. The van der Waals surface area contributed by atoms with E-state index >= 15 is 0 Å². The molecule has 43 heavy (non-hydrogen) atoms. The van der Waals surface area contributed by atoms with E-state index in [1.165, 1.54) is 0 Å². The zero-order chi connectivity index (χ0) is 30.2. The molecule has 2 amide bonds. The Balaban J connectivity index is 1.28. The Bertz CT molecular complexity index is 1550. The molecule has 3 heterocycles. The van der Waals surface area contributed by atoms with Crippen LogP contribution in [0.1, 0.15) is 54.3 Å². The number of amides is 2. The van der Waals surface area contributed by atoms with Crippen LogP contribution in [0.4, 0.5) is 0 Å². The molecule has 2 aromatic carbocycles. The monoisotopic (exact) mass is 600 g/mol. The van der Waals surface area contributed by atoms with Gasteiger partial charge in [-0.25, -0.2) is 9.97 Å². The molecule has 0 bridgehead atoms. The highest BCUT2D eigenvalue weighted by atomic mass is 32.2. The highest BCUT2D eigenvalue weighted by Crippen LogP contribution is 2.32. The number of imidazole rings is 1. The molecule has 0 unspecified atom stereocenters. The van der Waals surface area contributed by atoms with Crippen LogP contribution in [0.3, 0.4) is 0 Å². The van der Waals surface area contributed by atoms with Crippen LogP contribution in [0.5, 0.6) is 5.88 Å². The number of unbranched alkanes of at least 4 members (excludes halogenated alkanes) is 1. The van der Waals surface area contributed by atoms with Crippen molar-refractivity contribution < 1.29 is 14.3 Å². The van der Waals surface area contributed by atoms with Gasteiger partial charge in [-0.2, -0.15) is 0 Å². The lowest BCUT2D eigenvalue weighted by Crippen LogP contribution is -2.40. The summed E-state index contributed by atoms with van der Waals surface area (Å²) in [5.74, 6) is 1.21. The number of piperidine rings is 1. The number of carbonyl (C=O) groups excluding carboxylic acids is 2. The molecule has 1 fully saturated rings. The number of fused-ring (bicyclic) bond motifs is 1. The number of ether oxygens (including phenoxy) is 1. The number of pyridine rings is 1. The lowest BCUT2D eigenvalue weighted by molar-refractivity contribution is -0.127. The number of hydrogen-bond acceptors (Lipinski definition) is 7. The molecule has 1 aliphatic rings. The minimum Gasteiger partial charge on any atom is -0.480 e. The number of carbonyl (C=O) groups is 2. The highest BCUT2D eigenvalue weighted by Gasteiger charge is 2.27. The number of para-hydroxylation sites is 1. The molecule has 1 aliphatic heterocycles. The number of nitrogens with one attached hydrogen (secondary N) is 3. The Morgan fingerprint density at radius 2 is 1.88 bits per heavy atom. The van der Waals surface area contributed by atoms with Gasteiger partial charge in [0.15, 0.2) is 0 Å². The molecule has 9 nitrogen and oxygen atoms in total. The first-order valence-corrected chi connectivity index (χ1v) is 16.1. The Labute approximate surface area is 257 Å². The van der Waals surface area contributed by atoms with Crippen molar-refractivity contribution in [3.05, 3.63) is 72.2 Å². The average Bonchev–Trinajstić information content (AvgIpc) is 3.53. The number of aromatic amines is 1. The quantitative estimate of drug-likeness (QED) is 0.146. The number of H-pyrrole nitrogens is 1. The fourth-order valence-corrected chi connectivity index (χ4v) is 6.13. The van der Waals surface area contributed by atoms with E-state index in [1.807, 2.05) is 60.9 Å². The Morgan fingerprint density at radius 1 is 1.12 bits per heavy atom.